The summed E-state index contributed by atoms with van der Waals surface area (Å²) in [6, 6.07) is 2.74. The zero-order chi connectivity index (χ0) is 27.0. The van der Waals surface area contributed by atoms with Gasteiger partial charge in [0, 0.05) is 29.8 Å². The van der Waals surface area contributed by atoms with E-state index in [1.54, 1.807) is 29.6 Å². The lowest BCUT2D eigenvalue weighted by atomic mass is 10.0. The van der Waals surface area contributed by atoms with E-state index in [9.17, 15) is 19.5 Å². The van der Waals surface area contributed by atoms with Crippen molar-refractivity contribution in [1.29, 1.82) is 0 Å². The van der Waals surface area contributed by atoms with Crippen molar-refractivity contribution in [3.8, 4) is 11.4 Å². The summed E-state index contributed by atoms with van der Waals surface area (Å²) in [6.07, 6.45) is 5.22. The average molecular weight is 557 g/mol. The number of carbonyl (C=O) groups excluding carboxylic acids is 2. The van der Waals surface area contributed by atoms with Crippen LogP contribution in [0.5, 0.6) is 0 Å². The number of oxime groups is 1. The number of pyridine rings is 1. The molecule has 0 unspecified atom stereocenters. The number of anilines is 1. The number of aromatic nitrogens is 5. The van der Waals surface area contributed by atoms with Crippen molar-refractivity contribution >= 4 is 51.7 Å². The number of hydrogen-bond donors (Lipinski definition) is 3. The monoisotopic (exact) mass is 556 g/mol. The molecule has 0 spiro atoms. The molecule has 1 saturated heterocycles. The SMILES string of the molecule is CO/N=C(\C(=O)N[C@@H]1C(=O)N2C(C(=O)O)=C(C[n+]3cccc(-c4ncn(C)n4)c3)CS[C@H]12)c1csc(N)n1. The van der Waals surface area contributed by atoms with Gasteiger partial charge in [0.25, 0.3) is 11.8 Å². The summed E-state index contributed by atoms with van der Waals surface area (Å²) in [5.41, 5.74) is 6.97. The smallest absolute Gasteiger partial charge is 0.352 e. The van der Waals surface area contributed by atoms with Crippen molar-refractivity contribution in [1.82, 2.24) is 30.0 Å². The van der Waals surface area contributed by atoms with Gasteiger partial charge in [0.05, 0.1) is 5.56 Å². The van der Waals surface area contributed by atoms with Crippen molar-refractivity contribution in [2.24, 2.45) is 12.2 Å². The molecule has 4 N–H and O–H groups in total. The third-order valence-electron chi connectivity index (χ3n) is 5.79. The highest BCUT2D eigenvalue weighted by molar-refractivity contribution is 8.00. The minimum Gasteiger partial charge on any atom is -0.477 e. The Bertz CT molecular complexity index is 1500. The highest BCUT2D eigenvalue weighted by atomic mass is 32.2. The van der Waals surface area contributed by atoms with Crippen LogP contribution in [-0.2, 0) is 32.8 Å². The molecule has 0 aliphatic carbocycles. The number of carbonyl (C=O) groups is 3. The van der Waals surface area contributed by atoms with Crippen molar-refractivity contribution in [2.75, 3.05) is 18.6 Å². The number of carboxylic acids is 1. The molecular weight excluding hydrogens is 534 g/mol. The van der Waals surface area contributed by atoms with Crippen LogP contribution in [0.1, 0.15) is 5.69 Å². The fourth-order valence-corrected chi connectivity index (χ4v) is 6.03. The van der Waals surface area contributed by atoms with Crippen molar-refractivity contribution in [3.63, 3.8) is 0 Å². The molecule has 3 aromatic rings. The predicted octanol–water partition coefficient (Wildman–Crippen LogP) is -0.402. The van der Waals surface area contributed by atoms with Crippen LogP contribution in [0.4, 0.5) is 5.13 Å². The summed E-state index contributed by atoms with van der Waals surface area (Å²) in [5, 5.41) is 21.9. The quantitative estimate of drug-likeness (QED) is 0.143. The largest absolute Gasteiger partial charge is 0.477 e. The van der Waals surface area contributed by atoms with Gasteiger partial charge in [-0.15, -0.1) is 23.1 Å². The first kappa shape index (κ1) is 25.3. The normalized spacial score (nSPS) is 19.2. The van der Waals surface area contributed by atoms with E-state index in [1.807, 2.05) is 22.9 Å². The third kappa shape index (κ3) is 4.70. The number of aryl methyl sites for hydroxylation is 1. The summed E-state index contributed by atoms with van der Waals surface area (Å²) in [5.74, 6) is -1.54. The van der Waals surface area contributed by atoms with Gasteiger partial charge in [0.15, 0.2) is 35.6 Å². The number of nitrogens with one attached hydrogen (secondary N) is 1. The molecule has 5 heterocycles. The molecule has 3 aromatic heterocycles. The molecule has 2 aliphatic heterocycles. The van der Waals surface area contributed by atoms with Gasteiger partial charge in [-0.2, -0.15) is 5.10 Å². The topological polar surface area (TPSA) is 182 Å². The lowest BCUT2D eigenvalue weighted by Gasteiger charge is -2.49. The Morgan fingerprint density at radius 1 is 1.42 bits per heavy atom. The van der Waals surface area contributed by atoms with E-state index in [-0.39, 0.29) is 28.8 Å². The molecule has 1 fully saturated rings. The van der Waals surface area contributed by atoms with Crippen LogP contribution in [-0.4, -0.2) is 77.5 Å². The number of nitrogen functional groups attached to an aromatic ring is 1. The van der Waals surface area contributed by atoms with Crippen LogP contribution in [0.15, 0.2) is 52.7 Å². The standard InChI is InChI=1S/C22H21N9O5S2/c1-29-10-24-17(27-29)11-4-3-5-30(6-11)7-12-8-37-20-15(19(33)31(20)16(12)21(34)35)26-18(32)14(28-36-2)13-9-38-22(23)25-13/h3-6,9-10,15,20H,7-8H2,1-2H3,(H3-,23,25,26,32,34,35)/p+1/b28-14-/t15-,20-/m1/s1. The molecule has 196 valence electrons. The maximum Gasteiger partial charge on any atom is 0.352 e. The molecule has 2 atom stereocenters. The second kappa shape index (κ2) is 10.2. The number of nitrogens with two attached hydrogens (primary N) is 1. The number of β-lactam (4-membered cyclic amide) rings is 1. The van der Waals surface area contributed by atoms with Gasteiger partial charge in [0.2, 0.25) is 0 Å². The van der Waals surface area contributed by atoms with Gasteiger partial charge in [-0.1, -0.05) is 5.16 Å². The van der Waals surface area contributed by atoms with Crippen LogP contribution in [0, 0.1) is 0 Å². The average Bonchev–Trinajstić information content (AvgIpc) is 3.53. The molecular formula is C22H22N9O5S2+. The number of amides is 2. The molecule has 14 nitrogen and oxygen atoms in total. The Kier molecular flexibility index (Phi) is 6.81. The van der Waals surface area contributed by atoms with Crippen molar-refractivity contribution in [2.45, 2.75) is 18.0 Å². The first-order valence-corrected chi connectivity index (χ1v) is 13.1. The fourth-order valence-electron chi connectivity index (χ4n) is 4.15. The Hall–Kier alpha value is -4.31. The first-order chi connectivity index (χ1) is 18.3. The van der Waals surface area contributed by atoms with Gasteiger partial charge < -0.3 is 21.0 Å². The summed E-state index contributed by atoms with van der Waals surface area (Å²) in [7, 11) is 3.05. The highest BCUT2D eigenvalue weighted by Crippen LogP contribution is 2.40. The number of aliphatic carboxylic acids is 1. The van der Waals surface area contributed by atoms with Gasteiger partial charge in [-0.3, -0.25) is 19.2 Å². The number of thiazole rings is 1. The Morgan fingerprint density at radius 2 is 2.24 bits per heavy atom. The lowest BCUT2D eigenvalue weighted by Crippen LogP contribution is -2.71. The van der Waals surface area contributed by atoms with Gasteiger partial charge in [-0.05, 0) is 6.07 Å². The van der Waals surface area contributed by atoms with Gasteiger partial charge in [0.1, 0.15) is 36.2 Å². The molecule has 2 amide bonds. The number of carboxylic acid groups (broad SMARTS) is 1. The number of hydrogen-bond acceptors (Lipinski definition) is 11. The lowest BCUT2D eigenvalue weighted by molar-refractivity contribution is -0.688. The van der Waals surface area contributed by atoms with Crippen LogP contribution in [0.2, 0.25) is 0 Å². The molecule has 16 heteroatoms. The minimum absolute atomic E-state index is 0.0869. The Labute approximate surface area is 223 Å². The van der Waals surface area contributed by atoms with Crippen LogP contribution in [0.3, 0.4) is 0 Å². The molecule has 5 rings (SSSR count). The summed E-state index contributed by atoms with van der Waals surface area (Å²) < 4.78 is 3.41. The van der Waals surface area contributed by atoms with E-state index >= 15 is 0 Å². The van der Waals surface area contributed by atoms with E-state index in [1.165, 1.54) is 23.8 Å². The molecule has 0 aromatic carbocycles. The van der Waals surface area contributed by atoms with E-state index in [2.05, 4.69) is 25.5 Å². The van der Waals surface area contributed by atoms with Crippen LogP contribution in [0.25, 0.3) is 11.4 Å². The molecule has 38 heavy (non-hydrogen) atoms. The predicted molar refractivity (Wildman–Crippen MR) is 136 cm³/mol. The zero-order valence-electron chi connectivity index (χ0n) is 20.1. The van der Waals surface area contributed by atoms with Crippen LogP contribution >= 0.6 is 23.1 Å². The van der Waals surface area contributed by atoms with Crippen molar-refractivity contribution in [3.05, 3.63) is 53.2 Å². The molecule has 0 bridgehead atoms. The Morgan fingerprint density at radius 3 is 2.89 bits per heavy atom. The minimum atomic E-state index is -1.22. The number of nitrogens with zero attached hydrogens (tertiary/aromatic N) is 7. The summed E-state index contributed by atoms with van der Waals surface area (Å²) in [6.45, 7) is 0.249. The van der Waals surface area contributed by atoms with Gasteiger partial charge >= 0.3 is 5.97 Å². The maximum absolute atomic E-state index is 13.1. The molecule has 2 aliphatic rings. The number of rotatable bonds is 8. The van der Waals surface area contributed by atoms with Crippen LogP contribution < -0.4 is 15.6 Å². The summed E-state index contributed by atoms with van der Waals surface area (Å²) >= 11 is 2.50. The van der Waals surface area contributed by atoms with E-state index in [4.69, 9.17) is 10.6 Å². The number of thioether (sulfide) groups is 1. The van der Waals surface area contributed by atoms with E-state index in [0.717, 1.165) is 16.9 Å². The first-order valence-electron chi connectivity index (χ1n) is 11.1. The van der Waals surface area contributed by atoms with Crippen molar-refractivity contribution < 1.29 is 28.9 Å². The Balaban J connectivity index is 1.35. The second-order valence-electron chi connectivity index (χ2n) is 8.32. The maximum atomic E-state index is 13.1. The zero-order valence-corrected chi connectivity index (χ0v) is 21.8. The van der Waals surface area contributed by atoms with Gasteiger partial charge in [-0.25, -0.2) is 19.3 Å². The molecule has 0 radical (unpaired) electrons. The van der Waals surface area contributed by atoms with E-state index in [0.29, 0.717) is 17.2 Å². The van der Waals surface area contributed by atoms with E-state index < -0.39 is 29.2 Å². The fraction of sp³-hybridized carbons (Fsp3) is 0.273. The highest BCUT2D eigenvalue weighted by Gasteiger charge is 2.54. The number of fused-ring (bicyclic) bond motifs is 1. The third-order valence-corrected chi connectivity index (χ3v) is 7.80. The summed E-state index contributed by atoms with van der Waals surface area (Å²) in [4.78, 5) is 52.5. The second-order valence-corrected chi connectivity index (χ2v) is 10.3. The molecule has 0 saturated carbocycles.